The molecule has 0 spiro atoms. The molecule has 7 nitrogen and oxygen atoms in total. The summed E-state index contributed by atoms with van der Waals surface area (Å²) in [6, 6.07) is 6.17. The molecule has 128 valence electrons. The summed E-state index contributed by atoms with van der Waals surface area (Å²) < 4.78 is 25.0. The number of likely N-dealkylation sites (N-methyl/N-ethyl adjacent to an activating group) is 1. The second-order valence-electron chi connectivity index (χ2n) is 5.09. The van der Waals surface area contributed by atoms with Crippen molar-refractivity contribution in [1.29, 1.82) is 0 Å². The van der Waals surface area contributed by atoms with Gasteiger partial charge in [-0.05, 0) is 31.5 Å². The van der Waals surface area contributed by atoms with Gasteiger partial charge in [-0.15, -0.1) is 0 Å². The molecular weight excluding hydrogens is 318 g/mol. The minimum atomic E-state index is -3.47. The molecule has 8 heteroatoms. The molecule has 0 aliphatic heterocycles. The lowest BCUT2D eigenvalue weighted by Gasteiger charge is -2.17. The van der Waals surface area contributed by atoms with E-state index in [2.05, 4.69) is 5.32 Å². The van der Waals surface area contributed by atoms with Crippen LogP contribution in [0.1, 0.15) is 19.4 Å². The molecule has 0 bridgehead atoms. The third-order valence-corrected chi connectivity index (χ3v) is 5.23. The van der Waals surface area contributed by atoms with Crippen LogP contribution in [0.5, 0.6) is 0 Å². The smallest absolute Gasteiger partial charge is 0.311 e. The highest BCUT2D eigenvalue weighted by molar-refractivity contribution is 7.89. The molecule has 23 heavy (non-hydrogen) atoms. The highest BCUT2D eigenvalue weighted by atomic mass is 32.2. The molecule has 2 amide bonds. The van der Waals surface area contributed by atoms with E-state index in [0.29, 0.717) is 18.7 Å². The van der Waals surface area contributed by atoms with Crippen LogP contribution in [-0.2, 0) is 26.2 Å². The normalized spacial score (nSPS) is 11.3. The lowest BCUT2D eigenvalue weighted by molar-refractivity contribution is -0.145. The molecule has 0 aliphatic carbocycles. The van der Waals surface area contributed by atoms with E-state index in [1.165, 1.54) is 31.1 Å². The fraction of sp³-hybridized carbons (Fsp3) is 0.467. The Morgan fingerprint density at radius 2 is 1.57 bits per heavy atom. The van der Waals surface area contributed by atoms with Crippen LogP contribution in [0.3, 0.4) is 0 Å². The fourth-order valence-electron chi connectivity index (χ4n) is 1.90. The Balaban J connectivity index is 2.70. The molecule has 1 rings (SSSR count). The lowest BCUT2D eigenvalue weighted by Crippen LogP contribution is -2.42. The number of nitrogens with zero attached hydrogens (tertiary/aromatic N) is 2. The summed E-state index contributed by atoms with van der Waals surface area (Å²) in [4.78, 5) is 25.2. The average Bonchev–Trinajstić information content (AvgIpc) is 2.53. The number of amides is 2. The predicted octanol–water partition coefficient (Wildman–Crippen LogP) is 0.422. The fourth-order valence-corrected chi connectivity index (χ4v) is 2.80. The van der Waals surface area contributed by atoms with E-state index in [9.17, 15) is 18.0 Å². The van der Waals surface area contributed by atoms with Crippen molar-refractivity contribution in [3.8, 4) is 0 Å². The van der Waals surface area contributed by atoms with Crippen molar-refractivity contribution in [2.75, 3.05) is 27.2 Å². The minimum absolute atomic E-state index is 0.161. The van der Waals surface area contributed by atoms with Crippen molar-refractivity contribution in [2.24, 2.45) is 0 Å². The molecule has 0 fully saturated rings. The summed E-state index contributed by atoms with van der Waals surface area (Å²) in [7, 11) is -0.550. The molecule has 0 aliphatic rings. The zero-order valence-electron chi connectivity index (χ0n) is 13.9. The van der Waals surface area contributed by atoms with E-state index in [4.69, 9.17) is 0 Å². The van der Waals surface area contributed by atoms with Crippen molar-refractivity contribution in [3.63, 3.8) is 0 Å². The number of rotatable bonds is 6. The third kappa shape index (κ3) is 4.77. The topological polar surface area (TPSA) is 86.8 Å². The summed E-state index contributed by atoms with van der Waals surface area (Å²) in [6.45, 7) is 4.71. The van der Waals surface area contributed by atoms with Gasteiger partial charge >= 0.3 is 11.8 Å². The van der Waals surface area contributed by atoms with Crippen LogP contribution in [0, 0.1) is 0 Å². The predicted molar refractivity (Wildman–Crippen MR) is 87.1 cm³/mol. The molecule has 0 atom stereocenters. The van der Waals surface area contributed by atoms with E-state index >= 15 is 0 Å². The highest BCUT2D eigenvalue weighted by Gasteiger charge is 2.19. The quantitative estimate of drug-likeness (QED) is 0.760. The SMILES string of the molecule is CCN(CC)C(=O)C(=O)NCc1ccc(S(=O)(=O)N(C)C)cc1. The molecule has 0 heterocycles. The first-order valence-corrected chi connectivity index (χ1v) is 8.76. The number of hydrogen-bond donors (Lipinski definition) is 1. The summed E-state index contributed by atoms with van der Waals surface area (Å²) in [5, 5.41) is 2.54. The number of carbonyl (C=O) groups excluding carboxylic acids is 2. The number of carbonyl (C=O) groups is 2. The Morgan fingerprint density at radius 1 is 1.04 bits per heavy atom. The van der Waals surface area contributed by atoms with Gasteiger partial charge in [0.1, 0.15) is 0 Å². The maximum atomic E-state index is 11.9. The van der Waals surface area contributed by atoms with Crippen LogP contribution in [0.25, 0.3) is 0 Å². The van der Waals surface area contributed by atoms with Gasteiger partial charge in [-0.2, -0.15) is 0 Å². The maximum absolute atomic E-state index is 11.9. The number of sulfonamides is 1. The first kappa shape index (κ1) is 19.1. The summed E-state index contributed by atoms with van der Waals surface area (Å²) in [6.07, 6.45) is 0. The minimum Gasteiger partial charge on any atom is -0.344 e. The zero-order chi connectivity index (χ0) is 17.6. The second kappa shape index (κ2) is 8.07. The van der Waals surface area contributed by atoms with Crippen molar-refractivity contribution in [2.45, 2.75) is 25.3 Å². The summed E-state index contributed by atoms with van der Waals surface area (Å²) in [5.74, 6) is -1.24. The van der Waals surface area contributed by atoms with Gasteiger partial charge in [0, 0.05) is 33.7 Å². The highest BCUT2D eigenvalue weighted by Crippen LogP contribution is 2.13. The van der Waals surface area contributed by atoms with Crippen molar-refractivity contribution < 1.29 is 18.0 Å². The van der Waals surface area contributed by atoms with Crippen molar-refractivity contribution >= 4 is 21.8 Å². The molecule has 1 N–H and O–H groups in total. The van der Waals surface area contributed by atoms with Crippen LogP contribution in [0.4, 0.5) is 0 Å². The van der Waals surface area contributed by atoms with E-state index in [1.807, 2.05) is 0 Å². The van der Waals surface area contributed by atoms with Crippen molar-refractivity contribution in [1.82, 2.24) is 14.5 Å². The van der Waals surface area contributed by atoms with E-state index in [0.717, 1.165) is 4.31 Å². The largest absolute Gasteiger partial charge is 0.344 e. The first-order valence-electron chi connectivity index (χ1n) is 7.32. The number of benzene rings is 1. The van der Waals surface area contributed by atoms with Gasteiger partial charge in [0.05, 0.1) is 4.90 Å². The molecule has 1 aromatic rings. The Kier molecular flexibility index (Phi) is 6.71. The molecule has 0 radical (unpaired) electrons. The monoisotopic (exact) mass is 341 g/mol. The van der Waals surface area contributed by atoms with Gasteiger partial charge < -0.3 is 10.2 Å². The third-order valence-electron chi connectivity index (χ3n) is 3.40. The van der Waals surface area contributed by atoms with Gasteiger partial charge in [-0.1, -0.05) is 12.1 Å². The van der Waals surface area contributed by atoms with Crippen LogP contribution in [0.2, 0.25) is 0 Å². The van der Waals surface area contributed by atoms with Gasteiger partial charge in [-0.3, -0.25) is 9.59 Å². The average molecular weight is 341 g/mol. The van der Waals surface area contributed by atoms with Crippen molar-refractivity contribution in [3.05, 3.63) is 29.8 Å². The Labute approximate surface area is 137 Å². The molecule has 0 saturated carbocycles. The number of hydrogen-bond acceptors (Lipinski definition) is 4. The van der Waals surface area contributed by atoms with Gasteiger partial charge in [0.15, 0.2) is 0 Å². The standard InChI is InChI=1S/C15H23N3O4S/c1-5-18(6-2)15(20)14(19)16-11-12-7-9-13(10-8-12)23(21,22)17(3)4/h7-10H,5-6,11H2,1-4H3,(H,16,19). The van der Waals surface area contributed by atoms with Crippen LogP contribution < -0.4 is 5.32 Å². The van der Waals surface area contributed by atoms with E-state index in [1.54, 1.807) is 26.0 Å². The first-order chi connectivity index (χ1) is 10.7. The zero-order valence-corrected chi connectivity index (χ0v) is 14.7. The maximum Gasteiger partial charge on any atom is 0.311 e. The Morgan fingerprint density at radius 3 is 2.00 bits per heavy atom. The summed E-state index contributed by atoms with van der Waals surface area (Å²) >= 11 is 0. The molecule has 0 aromatic heterocycles. The van der Waals surface area contributed by atoms with E-state index < -0.39 is 21.8 Å². The van der Waals surface area contributed by atoms with Crippen LogP contribution >= 0.6 is 0 Å². The molecule has 0 unspecified atom stereocenters. The van der Waals surface area contributed by atoms with Gasteiger partial charge in [-0.25, -0.2) is 12.7 Å². The number of nitrogens with one attached hydrogen (secondary N) is 1. The Bertz CT molecular complexity index is 650. The molecular formula is C15H23N3O4S. The van der Waals surface area contributed by atoms with Gasteiger partial charge in [0.25, 0.3) is 0 Å². The van der Waals surface area contributed by atoms with Crippen LogP contribution in [0.15, 0.2) is 29.2 Å². The lowest BCUT2D eigenvalue weighted by atomic mass is 10.2. The van der Waals surface area contributed by atoms with E-state index in [-0.39, 0.29) is 11.4 Å². The molecule has 0 saturated heterocycles. The molecule has 1 aromatic carbocycles. The van der Waals surface area contributed by atoms with Gasteiger partial charge in [0.2, 0.25) is 10.0 Å². The van der Waals surface area contributed by atoms with Crippen LogP contribution in [-0.4, -0.2) is 56.6 Å². The second-order valence-corrected chi connectivity index (χ2v) is 7.24. The Hall–Kier alpha value is -1.93. The summed E-state index contributed by atoms with van der Waals surface area (Å²) in [5.41, 5.74) is 0.711.